The Morgan fingerprint density at radius 2 is 1.90 bits per heavy atom. The summed E-state index contributed by atoms with van der Waals surface area (Å²) in [6.07, 6.45) is 3.19. The summed E-state index contributed by atoms with van der Waals surface area (Å²) in [6.45, 7) is 11.7. The van der Waals surface area contributed by atoms with Gasteiger partial charge in [0.15, 0.2) is 0 Å². The molecule has 1 aromatic rings. The molecule has 1 aliphatic rings. The van der Waals surface area contributed by atoms with Gasteiger partial charge in [0.1, 0.15) is 5.75 Å². The van der Waals surface area contributed by atoms with Crippen LogP contribution >= 0.6 is 0 Å². The normalized spacial score (nSPS) is 17.1. The Balaban J connectivity index is 2.06. The maximum atomic E-state index is 6.08. The Bertz CT molecular complexity index is 457. The van der Waals surface area contributed by atoms with E-state index in [2.05, 4.69) is 50.8 Å². The van der Waals surface area contributed by atoms with Crippen molar-refractivity contribution in [3.8, 4) is 5.75 Å². The summed E-state index contributed by atoms with van der Waals surface area (Å²) >= 11 is 0. The third-order valence-corrected chi connectivity index (χ3v) is 4.10. The van der Waals surface area contributed by atoms with Crippen LogP contribution in [0, 0.1) is 12.3 Å². The minimum atomic E-state index is 0.308. The highest BCUT2D eigenvalue weighted by atomic mass is 16.5. The van der Waals surface area contributed by atoms with Crippen LogP contribution in [-0.4, -0.2) is 25.7 Å². The van der Waals surface area contributed by atoms with Crippen molar-refractivity contribution in [1.82, 2.24) is 0 Å². The molecular formula is C18H30N2O. The quantitative estimate of drug-likeness (QED) is 0.918. The highest BCUT2D eigenvalue weighted by Gasteiger charge is 2.20. The van der Waals surface area contributed by atoms with Crippen LogP contribution in [0.25, 0.3) is 0 Å². The van der Waals surface area contributed by atoms with Crippen molar-refractivity contribution in [1.29, 1.82) is 0 Å². The predicted octanol–water partition coefficient (Wildman–Crippen LogP) is 3.74. The van der Waals surface area contributed by atoms with Crippen LogP contribution in [-0.2, 0) is 0 Å². The number of hydrogen-bond donors (Lipinski definition) is 1. The van der Waals surface area contributed by atoms with Gasteiger partial charge in [-0.1, -0.05) is 26.8 Å². The van der Waals surface area contributed by atoms with Gasteiger partial charge in [-0.05, 0) is 49.3 Å². The number of hydrogen-bond acceptors (Lipinski definition) is 3. The minimum Gasteiger partial charge on any atom is -0.491 e. The molecule has 0 bridgehead atoms. The van der Waals surface area contributed by atoms with Gasteiger partial charge < -0.3 is 15.4 Å². The van der Waals surface area contributed by atoms with E-state index >= 15 is 0 Å². The van der Waals surface area contributed by atoms with E-state index in [0.29, 0.717) is 11.5 Å². The van der Waals surface area contributed by atoms with Crippen molar-refractivity contribution < 1.29 is 4.74 Å². The molecule has 1 aromatic carbocycles. The second-order valence-electron chi connectivity index (χ2n) is 7.45. The first-order valence-electron chi connectivity index (χ1n) is 8.09. The molecule has 3 heteroatoms. The summed E-state index contributed by atoms with van der Waals surface area (Å²) in [5.41, 5.74) is 8.83. The van der Waals surface area contributed by atoms with Crippen molar-refractivity contribution in [2.24, 2.45) is 11.1 Å². The highest BCUT2D eigenvalue weighted by Crippen LogP contribution is 2.32. The maximum absolute atomic E-state index is 6.08. The first-order chi connectivity index (χ1) is 9.85. The fourth-order valence-electron chi connectivity index (χ4n) is 2.60. The van der Waals surface area contributed by atoms with Gasteiger partial charge in [0.05, 0.1) is 12.3 Å². The van der Waals surface area contributed by atoms with E-state index in [9.17, 15) is 0 Å². The zero-order valence-corrected chi connectivity index (χ0v) is 14.0. The summed E-state index contributed by atoms with van der Waals surface area (Å²) in [5.74, 6) is 1.01. The summed E-state index contributed by atoms with van der Waals surface area (Å²) < 4.78 is 6.08. The Labute approximate surface area is 129 Å². The zero-order chi connectivity index (χ0) is 15.5. The molecule has 0 aromatic heterocycles. The van der Waals surface area contributed by atoms with E-state index in [1.54, 1.807) is 0 Å². The zero-order valence-electron chi connectivity index (χ0n) is 14.0. The third kappa shape index (κ3) is 4.92. The smallest absolute Gasteiger partial charge is 0.142 e. The van der Waals surface area contributed by atoms with Crippen LogP contribution in [0.3, 0.4) is 0 Å². The lowest BCUT2D eigenvalue weighted by atomic mass is 9.93. The molecule has 2 rings (SSSR count). The third-order valence-electron chi connectivity index (χ3n) is 4.10. The summed E-state index contributed by atoms with van der Waals surface area (Å²) in [7, 11) is 0. The van der Waals surface area contributed by atoms with Crippen molar-refractivity contribution in [2.45, 2.75) is 53.0 Å². The lowest BCUT2D eigenvalue weighted by Crippen LogP contribution is -2.39. The first-order valence-corrected chi connectivity index (χ1v) is 8.09. The van der Waals surface area contributed by atoms with Crippen molar-refractivity contribution in [3.63, 3.8) is 0 Å². The summed E-state index contributed by atoms with van der Waals surface area (Å²) in [6, 6.07) is 6.84. The van der Waals surface area contributed by atoms with Crippen molar-refractivity contribution >= 4 is 5.69 Å². The molecular weight excluding hydrogens is 260 g/mol. The van der Waals surface area contributed by atoms with Crippen molar-refractivity contribution in [3.05, 3.63) is 23.8 Å². The molecule has 1 aliphatic heterocycles. The van der Waals surface area contributed by atoms with Crippen LogP contribution in [0.15, 0.2) is 18.2 Å². The molecule has 3 nitrogen and oxygen atoms in total. The molecule has 1 saturated heterocycles. The van der Waals surface area contributed by atoms with Gasteiger partial charge in [0, 0.05) is 19.1 Å². The fourth-order valence-corrected chi connectivity index (χ4v) is 2.60. The average Bonchev–Trinajstić information content (AvgIpc) is 2.40. The van der Waals surface area contributed by atoms with Gasteiger partial charge in [0.2, 0.25) is 0 Å². The molecule has 118 valence electrons. The van der Waals surface area contributed by atoms with Crippen LogP contribution in [0.4, 0.5) is 5.69 Å². The largest absolute Gasteiger partial charge is 0.491 e. The number of aryl methyl sites for hydroxylation is 1. The molecule has 0 saturated carbocycles. The highest BCUT2D eigenvalue weighted by molar-refractivity contribution is 5.60. The molecule has 21 heavy (non-hydrogen) atoms. The van der Waals surface area contributed by atoms with Crippen LogP contribution < -0.4 is 15.4 Å². The van der Waals surface area contributed by atoms with Gasteiger partial charge in [-0.2, -0.15) is 0 Å². The number of nitrogens with two attached hydrogens (primary N) is 1. The van der Waals surface area contributed by atoms with Gasteiger partial charge in [-0.15, -0.1) is 0 Å². The SMILES string of the molecule is Cc1ccc(OCCC(C)(C)C)c(N2CCC(N)CC2)c1. The number of piperidine rings is 1. The molecule has 0 atom stereocenters. The van der Waals surface area contributed by atoms with E-state index < -0.39 is 0 Å². The molecule has 1 fully saturated rings. The van der Waals surface area contributed by atoms with Gasteiger partial charge >= 0.3 is 0 Å². The molecule has 0 amide bonds. The minimum absolute atomic E-state index is 0.308. The molecule has 0 spiro atoms. The van der Waals surface area contributed by atoms with Crippen LogP contribution in [0.2, 0.25) is 0 Å². The summed E-state index contributed by atoms with van der Waals surface area (Å²) in [5, 5.41) is 0. The first kappa shape index (κ1) is 16.2. The van der Waals surface area contributed by atoms with E-state index in [4.69, 9.17) is 10.5 Å². The number of benzene rings is 1. The van der Waals surface area contributed by atoms with E-state index in [0.717, 1.165) is 44.7 Å². The number of rotatable bonds is 4. The van der Waals surface area contributed by atoms with E-state index in [1.165, 1.54) is 11.3 Å². The maximum Gasteiger partial charge on any atom is 0.142 e. The lowest BCUT2D eigenvalue weighted by molar-refractivity contribution is 0.243. The fraction of sp³-hybridized carbons (Fsp3) is 0.667. The van der Waals surface area contributed by atoms with E-state index in [-0.39, 0.29) is 0 Å². The number of nitrogens with zero attached hydrogens (tertiary/aromatic N) is 1. The second kappa shape index (κ2) is 6.69. The van der Waals surface area contributed by atoms with Crippen LogP contribution in [0.1, 0.15) is 45.6 Å². The number of anilines is 1. The topological polar surface area (TPSA) is 38.5 Å². The number of ether oxygens (including phenoxy) is 1. The second-order valence-corrected chi connectivity index (χ2v) is 7.45. The Hall–Kier alpha value is -1.22. The Morgan fingerprint density at radius 3 is 2.52 bits per heavy atom. The summed E-state index contributed by atoms with van der Waals surface area (Å²) in [4.78, 5) is 2.42. The van der Waals surface area contributed by atoms with Crippen LogP contribution in [0.5, 0.6) is 5.75 Å². The lowest BCUT2D eigenvalue weighted by Gasteiger charge is -2.33. The molecule has 0 unspecified atom stereocenters. The van der Waals surface area contributed by atoms with Crippen molar-refractivity contribution in [2.75, 3.05) is 24.6 Å². The molecule has 0 aliphatic carbocycles. The van der Waals surface area contributed by atoms with Gasteiger partial charge in [0.25, 0.3) is 0 Å². The Morgan fingerprint density at radius 1 is 1.24 bits per heavy atom. The molecule has 1 heterocycles. The standard InChI is InChI=1S/C18H30N2O/c1-14-5-6-17(21-12-9-18(2,3)4)16(13-14)20-10-7-15(19)8-11-20/h5-6,13,15H,7-12,19H2,1-4H3. The average molecular weight is 290 g/mol. The van der Waals surface area contributed by atoms with Gasteiger partial charge in [-0.25, -0.2) is 0 Å². The monoisotopic (exact) mass is 290 g/mol. The molecule has 0 radical (unpaired) electrons. The van der Waals surface area contributed by atoms with E-state index in [1.807, 2.05) is 0 Å². The molecule has 2 N–H and O–H groups in total. The van der Waals surface area contributed by atoms with Gasteiger partial charge in [-0.3, -0.25) is 0 Å². The predicted molar refractivity (Wildman–Crippen MR) is 90.2 cm³/mol. The Kier molecular flexibility index (Phi) is 5.15.